The summed E-state index contributed by atoms with van der Waals surface area (Å²) in [6, 6.07) is 4.97. The second-order valence-corrected chi connectivity index (χ2v) is 7.26. The van der Waals surface area contributed by atoms with Gasteiger partial charge in [-0.3, -0.25) is 9.59 Å². The maximum absolute atomic E-state index is 12.9. The number of allylic oxidation sites excluding steroid dienone is 2. The average Bonchev–Trinajstić information content (AvgIpc) is 3.36. The number of rotatable bonds is 4. The molecule has 4 aliphatic rings. The third-order valence-corrected chi connectivity index (χ3v) is 5.89. The van der Waals surface area contributed by atoms with Crippen molar-refractivity contribution in [1.29, 1.82) is 0 Å². The van der Waals surface area contributed by atoms with Crippen molar-refractivity contribution in [2.45, 2.75) is 6.42 Å². The van der Waals surface area contributed by atoms with Crippen LogP contribution in [0, 0.1) is 35.5 Å². The number of fused-ring (bicyclic) bond motifs is 1. The van der Waals surface area contributed by atoms with E-state index in [1.807, 2.05) is 12.2 Å². The zero-order valence-electron chi connectivity index (χ0n) is 13.1. The number of anilines is 1. The van der Waals surface area contributed by atoms with Crippen LogP contribution >= 0.6 is 11.6 Å². The lowest BCUT2D eigenvalue weighted by Crippen LogP contribution is -2.48. The number of hydrogen-bond acceptors (Lipinski definition) is 3. The van der Waals surface area contributed by atoms with Crippen molar-refractivity contribution in [3.05, 3.63) is 35.4 Å². The molecule has 6 heteroatoms. The summed E-state index contributed by atoms with van der Waals surface area (Å²) in [5.41, 5.74) is 0.469. The van der Waals surface area contributed by atoms with Crippen LogP contribution in [0.1, 0.15) is 6.42 Å². The first-order valence-corrected chi connectivity index (χ1v) is 8.44. The molecule has 2 fully saturated rings. The predicted octanol–water partition coefficient (Wildman–Crippen LogP) is 3.06. The molecule has 0 aliphatic heterocycles. The lowest BCUT2D eigenvalue weighted by molar-refractivity contribution is -0.152. The molecule has 5 nitrogen and oxygen atoms in total. The van der Waals surface area contributed by atoms with Crippen molar-refractivity contribution in [3.8, 4) is 5.75 Å². The van der Waals surface area contributed by atoms with Gasteiger partial charge in [0.05, 0.1) is 24.6 Å². The van der Waals surface area contributed by atoms with Crippen LogP contribution in [-0.2, 0) is 9.59 Å². The second kappa shape index (κ2) is 5.52. The van der Waals surface area contributed by atoms with Gasteiger partial charge in [-0.25, -0.2) is 0 Å². The molecule has 5 rings (SSSR count). The van der Waals surface area contributed by atoms with Crippen LogP contribution in [0.25, 0.3) is 0 Å². The molecule has 4 aliphatic carbocycles. The van der Waals surface area contributed by atoms with E-state index in [0.29, 0.717) is 28.3 Å². The average molecular weight is 348 g/mol. The molecule has 0 aromatic heterocycles. The van der Waals surface area contributed by atoms with Crippen LogP contribution in [0.3, 0.4) is 0 Å². The van der Waals surface area contributed by atoms with Crippen LogP contribution < -0.4 is 10.1 Å². The van der Waals surface area contributed by atoms with E-state index < -0.39 is 17.8 Å². The van der Waals surface area contributed by atoms with Gasteiger partial charge in [-0.05, 0) is 48.3 Å². The number of methoxy groups -OCH3 is 1. The van der Waals surface area contributed by atoms with Crippen molar-refractivity contribution < 1.29 is 19.4 Å². The molecule has 1 amide bonds. The third-order valence-electron chi connectivity index (χ3n) is 5.66. The maximum Gasteiger partial charge on any atom is 0.307 e. The molecule has 2 saturated carbocycles. The molecule has 0 saturated heterocycles. The number of carbonyl (C=O) groups excluding carboxylic acids is 1. The Labute approximate surface area is 144 Å². The smallest absolute Gasteiger partial charge is 0.307 e. The van der Waals surface area contributed by atoms with Crippen molar-refractivity contribution in [2.75, 3.05) is 12.4 Å². The minimum absolute atomic E-state index is 0.00581. The van der Waals surface area contributed by atoms with Crippen LogP contribution in [0.15, 0.2) is 30.4 Å². The van der Waals surface area contributed by atoms with Gasteiger partial charge in [0.2, 0.25) is 5.91 Å². The summed E-state index contributed by atoms with van der Waals surface area (Å²) < 4.78 is 5.25. The Hall–Kier alpha value is -2.01. The van der Waals surface area contributed by atoms with Gasteiger partial charge in [-0.15, -0.1) is 0 Å². The van der Waals surface area contributed by atoms with Crippen molar-refractivity contribution in [2.24, 2.45) is 35.5 Å². The minimum Gasteiger partial charge on any atom is -0.495 e. The van der Waals surface area contributed by atoms with E-state index in [-0.39, 0.29) is 17.7 Å². The van der Waals surface area contributed by atoms with E-state index >= 15 is 0 Å². The molecule has 0 radical (unpaired) electrons. The molecule has 6 atom stereocenters. The Morgan fingerprint density at radius 2 is 1.88 bits per heavy atom. The van der Waals surface area contributed by atoms with Crippen LogP contribution in [0.2, 0.25) is 5.02 Å². The number of carboxylic acid groups (broad SMARTS) is 1. The molecular weight excluding hydrogens is 330 g/mol. The van der Waals surface area contributed by atoms with Gasteiger partial charge in [-0.1, -0.05) is 23.8 Å². The van der Waals surface area contributed by atoms with Gasteiger partial charge in [0.25, 0.3) is 0 Å². The first-order chi connectivity index (χ1) is 11.5. The number of nitrogens with one attached hydrogen (secondary N) is 1. The molecule has 2 N–H and O–H groups in total. The van der Waals surface area contributed by atoms with E-state index in [0.717, 1.165) is 6.42 Å². The number of aliphatic carboxylic acids is 1. The molecule has 0 spiro atoms. The van der Waals surface area contributed by atoms with E-state index in [1.165, 1.54) is 7.11 Å². The fourth-order valence-electron chi connectivity index (χ4n) is 4.56. The fraction of sp³-hybridized carbons (Fsp3) is 0.444. The summed E-state index contributed by atoms with van der Waals surface area (Å²) >= 11 is 6.00. The Kier molecular flexibility index (Phi) is 3.57. The highest BCUT2D eigenvalue weighted by Crippen LogP contribution is 2.63. The molecule has 2 bridgehead atoms. The summed E-state index contributed by atoms with van der Waals surface area (Å²) in [6.45, 7) is 0. The molecule has 0 heterocycles. The van der Waals surface area contributed by atoms with Gasteiger partial charge >= 0.3 is 5.97 Å². The zero-order chi connectivity index (χ0) is 17.0. The minimum atomic E-state index is -0.891. The highest BCUT2D eigenvalue weighted by Gasteiger charge is 2.63. The standard InChI is InChI=1S/C18H18ClNO4/c1-24-14-5-2-8(19)6-13(14)20-17(21)15-9-3-4-10(12-7-11(9)12)16(15)18(22)23/h2-6,9-12,15-16H,7H2,1H3,(H,20,21)(H,22,23)/t9-,10+,11+,12-,15-,16-/m1/s1. The van der Waals surface area contributed by atoms with Crippen molar-refractivity contribution >= 4 is 29.2 Å². The van der Waals surface area contributed by atoms with Gasteiger partial charge in [0.1, 0.15) is 5.75 Å². The van der Waals surface area contributed by atoms with Gasteiger partial charge in [0.15, 0.2) is 0 Å². The highest BCUT2D eigenvalue weighted by atomic mass is 35.5. The zero-order valence-corrected chi connectivity index (χ0v) is 13.9. The van der Waals surface area contributed by atoms with Crippen molar-refractivity contribution in [3.63, 3.8) is 0 Å². The fourth-order valence-corrected chi connectivity index (χ4v) is 4.74. The first kappa shape index (κ1) is 15.5. The SMILES string of the molecule is COc1ccc(Cl)cc1NC(=O)[C@@H]1[C@@H]2C=C[C@@H]([C@H]3C[C@@H]23)[C@H]1C(=O)O. The van der Waals surface area contributed by atoms with Gasteiger partial charge < -0.3 is 15.2 Å². The molecule has 0 unspecified atom stereocenters. The lowest BCUT2D eigenvalue weighted by Gasteiger charge is -2.41. The van der Waals surface area contributed by atoms with Crippen molar-refractivity contribution in [1.82, 2.24) is 0 Å². The molecule has 1 aromatic rings. The third kappa shape index (κ3) is 2.30. The Bertz CT molecular complexity index is 747. The molecule has 126 valence electrons. The lowest BCUT2D eigenvalue weighted by atomic mass is 9.62. The summed E-state index contributed by atoms with van der Waals surface area (Å²) in [4.78, 5) is 24.7. The number of hydrogen-bond donors (Lipinski definition) is 2. The van der Waals surface area contributed by atoms with Crippen LogP contribution in [0.5, 0.6) is 5.75 Å². The number of halogens is 1. The Morgan fingerprint density at radius 1 is 1.21 bits per heavy atom. The molecule has 24 heavy (non-hydrogen) atoms. The monoisotopic (exact) mass is 347 g/mol. The van der Waals surface area contributed by atoms with E-state index in [2.05, 4.69) is 5.32 Å². The van der Waals surface area contributed by atoms with Gasteiger partial charge in [-0.2, -0.15) is 0 Å². The van der Waals surface area contributed by atoms with Gasteiger partial charge in [0, 0.05) is 5.02 Å². The van der Waals surface area contributed by atoms with Crippen LogP contribution in [-0.4, -0.2) is 24.1 Å². The normalized spacial score (nSPS) is 35.2. The van der Waals surface area contributed by atoms with E-state index in [9.17, 15) is 14.7 Å². The Morgan fingerprint density at radius 3 is 2.50 bits per heavy atom. The number of benzene rings is 1. The highest BCUT2D eigenvalue weighted by molar-refractivity contribution is 6.31. The second-order valence-electron chi connectivity index (χ2n) is 6.83. The summed E-state index contributed by atoms with van der Waals surface area (Å²) in [5.74, 6) is -1.01. The number of carbonyl (C=O) groups is 2. The summed E-state index contributed by atoms with van der Waals surface area (Å²) in [5, 5.41) is 13.0. The van der Waals surface area contributed by atoms with E-state index in [4.69, 9.17) is 16.3 Å². The topological polar surface area (TPSA) is 75.6 Å². The number of carboxylic acids is 1. The summed E-state index contributed by atoms with van der Waals surface area (Å²) in [6.07, 6.45) is 5.06. The number of amides is 1. The number of ether oxygens (including phenoxy) is 1. The van der Waals surface area contributed by atoms with Crippen LogP contribution in [0.4, 0.5) is 5.69 Å². The summed E-state index contributed by atoms with van der Waals surface area (Å²) in [7, 11) is 1.51. The largest absolute Gasteiger partial charge is 0.495 e. The quantitative estimate of drug-likeness (QED) is 0.821. The molecule has 1 aromatic carbocycles. The maximum atomic E-state index is 12.9. The van der Waals surface area contributed by atoms with E-state index in [1.54, 1.807) is 18.2 Å². The Balaban J connectivity index is 1.63. The molecular formula is C18H18ClNO4. The first-order valence-electron chi connectivity index (χ1n) is 8.07. The predicted molar refractivity (Wildman–Crippen MR) is 89.0 cm³/mol.